The SMILES string of the molecule is O=C(NCCCNC(=O)c1nn(-c2ccc(Cl)cc2Cl)c2c1CCc1cc(S(=O)(=O)O)sc1-2)c1nn(-c2ccc(Cl)cc2Cl)c2c1CCc1ccsc1-2. The number of nitrogens with zero attached hydrogens (tertiary/aromatic N) is 4. The van der Waals surface area contributed by atoms with Gasteiger partial charge in [-0.15, -0.1) is 22.7 Å². The minimum Gasteiger partial charge on any atom is -0.351 e. The van der Waals surface area contributed by atoms with Gasteiger partial charge in [-0.1, -0.05) is 46.4 Å². The molecule has 0 bridgehead atoms. The van der Waals surface area contributed by atoms with Gasteiger partial charge in [0.25, 0.3) is 11.8 Å². The van der Waals surface area contributed by atoms with E-state index in [1.807, 2.05) is 5.38 Å². The third-order valence-electron chi connectivity index (χ3n) is 9.10. The van der Waals surface area contributed by atoms with Gasteiger partial charge in [0.2, 0.25) is 0 Å². The molecule has 2 aliphatic carbocycles. The Morgan fingerprint density at radius 2 is 1.26 bits per heavy atom. The minimum absolute atomic E-state index is 0.161. The van der Waals surface area contributed by atoms with Crippen molar-refractivity contribution in [2.75, 3.05) is 13.1 Å². The lowest BCUT2D eigenvalue weighted by Gasteiger charge is -2.16. The topological polar surface area (TPSA) is 148 Å². The van der Waals surface area contributed by atoms with Crippen molar-refractivity contribution in [3.63, 3.8) is 0 Å². The normalized spacial score (nSPS) is 13.2. The summed E-state index contributed by atoms with van der Waals surface area (Å²) < 4.78 is 36.8. The van der Waals surface area contributed by atoms with E-state index in [4.69, 9.17) is 51.5 Å². The largest absolute Gasteiger partial charge is 0.351 e. The monoisotopic (exact) mass is 846 g/mol. The molecule has 272 valence electrons. The van der Waals surface area contributed by atoms with Crippen LogP contribution in [0.15, 0.2) is 58.1 Å². The number of amides is 2. The Bertz CT molecular complexity index is 2590. The molecule has 0 unspecified atom stereocenters. The molecule has 0 fully saturated rings. The van der Waals surface area contributed by atoms with Crippen molar-refractivity contribution in [2.45, 2.75) is 36.3 Å². The quantitative estimate of drug-likeness (QED) is 0.0984. The Labute approximate surface area is 331 Å². The Balaban J connectivity index is 0.999. The number of halogens is 4. The zero-order chi connectivity index (χ0) is 37.2. The standard InChI is InChI=1S/C35H26Cl4N6O5S3/c36-19-4-8-25(23(38)15-19)44-30-21(6-2-17-10-13-51-32(17)30)28(42-44)34(46)40-11-1-12-41-35(47)29-22-7-3-18-14-27(53(48,49)50)52-33(18)31(22)45(43-29)26-9-5-20(37)16-24(26)39/h4-5,8-10,13-16H,1-3,6-7,11-12H2,(H,40,46)(H,41,47)(H,48,49,50). The minimum atomic E-state index is -4.45. The fraction of sp³-hybridized carbons (Fsp3) is 0.200. The summed E-state index contributed by atoms with van der Waals surface area (Å²) in [4.78, 5) is 28.8. The van der Waals surface area contributed by atoms with E-state index in [0.29, 0.717) is 79.5 Å². The zero-order valence-corrected chi connectivity index (χ0v) is 32.7. The van der Waals surface area contributed by atoms with E-state index in [-0.39, 0.29) is 33.9 Å². The fourth-order valence-electron chi connectivity index (χ4n) is 6.70. The lowest BCUT2D eigenvalue weighted by Crippen LogP contribution is -2.31. The van der Waals surface area contributed by atoms with Crippen LogP contribution in [-0.2, 0) is 35.8 Å². The molecule has 0 radical (unpaired) electrons. The molecule has 11 nitrogen and oxygen atoms in total. The lowest BCUT2D eigenvalue weighted by molar-refractivity contribution is 0.0945. The molecular weight excluding hydrogens is 822 g/mol. The van der Waals surface area contributed by atoms with Crippen LogP contribution in [0.5, 0.6) is 0 Å². The van der Waals surface area contributed by atoms with Gasteiger partial charge >= 0.3 is 10.1 Å². The van der Waals surface area contributed by atoms with Crippen LogP contribution in [0.2, 0.25) is 20.1 Å². The number of hydrogen-bond donors (Lipinski definition) is 3. The highest BCUT2D eigenvalue weighted by atomic mass is 35.5. The maximum absolute atomic E-state index is 13.6. The highest BCUT2D eigenvalue weighted by Crippen LogP contribution is 2.44. The van der Waals surface area contributed by atoms with Crippen molar-refractivity contribution >= 4 is 91.0 Å². The second-order valence-corrected chi connectivity index (χ2v) is 17.7. The van der Waals surface area contributed by atoms with Crippen LogP contribution in [0.4, 0.5) is 0 Å². The molecule has 8 rings (SSSR count). The average Bonchev–Trinajstić information content (AvgIpc) is 3.91. The van der Waals surface area contributed by atoms with Gasteiger partial charge in [-0.3, -0.25) is 14.1 Å². The van der Waals surface area contributed by atoms with E-state index in [1.165, 1.54) is 16.3 Å². The van der Waals surface area contributed by atoms with Gasteiger partial charge in [-0.2, -0.15) is 18.6 Å². The molecule has 4 aromatic heterocycles. The number of fused-ring (bicyclic) bond motifs is 6. The van der Waals surface area contributed by atoms with Crippen molar-refractivity contribution in [2.24, 2.45) is 0 Å². The third kappa shape index (κ3) is 6.69. The summed E-state index contributed by atoms with van der Waals surface area (Å²) in [5, 5.41) is 18.9. The van der Waals surface area contributed by atoms with E-state index in [0.717, 1.165) is 33.9 Å². The number of thiophene rings is 2. The predicted molar refractivity (Wildman–Crippen MR) is 208 cm³/mol. The van der Waals surface area contributed by atoms with Crippen LogP contribution < -0.4 is 10.6 Å². The van der Waals surface area contributed by atoms with Gasteiger partial charge in [0.1, 0.15) is 4.21 Å². The summed E-state index contributed by atoms with van der Waals surface area (Å²) in [6.07, 6.45) is 2.69. The zero-order valence-electron chi connectivity index (χ0n) is 27.3. The smallest absolute Gasteiger partial charge is 0.304 e. The first-order valence-electron chi connectivity index (χ1n) is 16.3. The first-order valence-corrected chi connectivity index (χ1v) is 20.9. The molecule has 0 atom stereocenters. The molecule has 0 spiro atoms. The molecule has 18 heteroatoms. The Hall–Kier alpha value is -3.73. The van der Waals surface area contributed by atoms with Gasteiger partial charge < -0.3 is 10.6 Å². The number of carbonyl (C=O) groups excluding carboxylic acids is 2. The van der Waals surface area contributed by atoms with E-state index in [9.17, 15) is 22.6 Å². The summed E-state index contributed by atoms with van der Waals surface area (Å²) in [6, 6.07) is 13.5. The van der Waals surface area contributed by atoms with Gasteiger partial charge in [-0.25, -0.2) is 9.36 Å². The number of carbonyl (C=O) groups is 2. The van der Waals surface area contributed by atoms with Gasteiger partial charge in [-0.05, 0) is 97.1 Å². The summed E-state index contributed by atoms with van der Waals surface area (Å²) in [5.74, 6) is -0.772. The number of aromatic nitrogens is 4. The lowest BCUT2D eigenvalue weighted by atomic mass is 9.94. The van der Waals surface area contributed by atoms with E-state index < -0.39 is 16.0 Å². The Morgan fingerprint density at radius 3 is 1.79 bits per heavy atom. The summed E-state index contributed by atoms with van der Waals surface area (Å²) in [5.41, 5.74) is 6.27. The number of nitrogens with one attached hydrogen (secondary N) is 2. The van der Waals surface area contributed by atoms with Crippen LogP contribution in [0.25, 0.3) is 32.5 Å². The molecule has 0 saturated heterocycles. The highest BCUT2D eigenvalue weighted by Gasteiger charge is 2.33. The average molecular weight is 849 g/mol. The maximum Gasteiger partial charge on any atom is 0.304 e. The summed E-state index contributed by atoms with van der Waals surface area (Å²) in [7, 11) is -4.45. The van der Waals surface area contributed by atoms with Crippen LogP contribution in [0, 0.1) is 0 Å². The maximum atomic E-state index is 13.6. The molecule has 6 aromatic rings. The highest BCUT2D eigenvalue weighted by molar-refractivity contribution is 7.88. The van der Waals surface area contributed by atoms with Crippen molar-refractivity contribution in [3.8, 4) is 32.5 Å². The second kappa shape index (κ2) is 14.2. The van der Waals surface area contributed by atoms with Crippen molar-refractivity contribution in [1.82, 2.24) is 30.2 Å². The molecule has 2 amide bonds. The number of benzene rings is 2. The van der Waals surface area contributed by atoms with E-state index in [2.05, 4.69) is 21.8 Å². The molecule has 0 saturated carbocycles. The third-order valence-corrected chi connectivity index (χ3v) is 13.6. The summed E-state index contributed by atoms with van der Waals surface area (Å²) >= 11 is 27.9. The molecule has 0 aliphatic heterocycles. The van der Waals surface area contributed by atoms with Crippen molar-refractivity contribution in [3.05, 3.63) is 108 Å². The molecule has 2 aliphatic rings. The van der Waals surface area contributed by atoms with Crippen LogP contribution >= 0.6 is 69.1 Å². The van der Waals surface area contributed by atoms with Crippen LogP contribution in [-0.4, -0.2) is 57.4 Å². The second-order valence-electron chi connectivity index (χ2n) is 12.4. The van der Waals surface area contributed by atoms with Gasteiger partial charge in [0.15, 0.2) is 11.4 Å². The predicted octanol–water partition coefficient (Wildman–Crippen LogP) is 8.12. The number of hydrogen-bond acceptors (Lipinski definition) is 8. The molecule has 4 heterocycles. The Morgan fingerprint density at radius 1 is 0.736 bits per heavy atom. The summed E-state index contributed by atoms with van der Waals surface area (Å²) in [6.45, 7) is 0.488. The van der Waals surface area contributed by atoms with Crippen molar-refractivity contribution < 1.29 is 22.6 Å². The first-order chi connectivity index (χ1) is 25.4. The van der Waals surface area contributed by atoms with Crippen LogP contribution in [0.1, 0.15) is 49.7 Å². The van der Waals surface area contributed by atoms with E-state index >= 15 is 0 Å². The molecule has 2 aromatic carbocycles. The Kier molecular flexibility index (Phi) is 9.69. The van der Waals surface area contributed by atoms with E-state index in [1.54, 1.807) is 52.4 Å². The number of rotatable bonds is 9. The van der Waals surface area contributed by atoms with Crippen LogP contribution in [0.3, 0.4) is 0 Å². The van der Waals surface area contributed by atoms with Gasteiger partial charge in [0.05, 0.1) is 42.6 Å². The number of aryl methyl sites for hydroxylation is 2. The molecule has 3 N–H and O–H groups in total. The molecule has 53 heavy (non-hydrogen) atoms. The van der Waals surface area contributed by atoms with Gasteiger partial charge in [0, 0.05) is 34.3 Å². The molecular formula is C35H26Cl4N6O5S3. The fourth-order valence-corrected chi connectivity index (χ4v) is 10.6. The van der Waals surface area contributed by atoms with Crippen molar-refractivity contribution in [1.29, 1.82) is 0 Å². The first kappa shape index (κ1) is 36.3.